The van der Waals surface area contributed by atoms with Crippen molar-refractivity contribution in [1.82, 2.24) is 4.90 Å². The van der Waals surface area contributed by atoms with Crippen molar-refractivity contribution in [1.29, 1.82) is 0 Å². The monoisotopic (exact) mass is 319 g/mol. The van der Waals surface area contributed by atoms with Crippen molar-refractivity contribution in [2.24, 2.45) is 5.92 Å². The molecule has 0 bridgehead atoms. The lowest BCUT2D eigenvalue weighted by Crippen LogP contribution is -2.47. The molecule has 23 heavy (non-hydrogen) atoms. The fourth-order valence-corrected chi connectivity index (χ4v) is 4.02. The van der Waals surface area contributed by atoms with Crippen LogP contribution < -0.4 is 4.74 Å². The fourth-order valence-electron chi connectivity index (χ4n) is 4.02. The molecule has 0 aromatic heterocycles. The molecule has 4 nitrogen and oxygen atoms in total. The van der Waals surface area contributed by atoms with Crippen LogP contribution in [0.2, 0.25) is 0 Å². The number of rotatable bonds is 5. The van der Waals surface area contributed by atoms with Gasteiger partial charge in [-0.05, 0) is 50.8 Å². The molecule has 0 aliphatic carbocycles. The predicted octanol–water partition coefficient (Wildman–Crippen LogP) is 2.54. The molecule has 0 radical (unpaired) electrons. The number of aryl methyl sites for hydroxylation is 2. The molecule has 2 aliphatic heterocycles. The van der Waals surface area contributed by atoms with Crippen molar-refractivity contribution in [3.63, 3.8) is 0 Å². The molecule has 2 heterocycles. The number of aliphatic hydroxyl groups is 1. The van der Waals surface area contributed by atoms with E-state index in [4.69, 9.17) is 9.47 Å². The van der Waals surface area contributed by atoms with Gasteiger partial charge < -0.3 is 14.6 Å². The number of hydrogen-bond acceptors (Lipinski definition) is 4. The van der Waals surface area contributed by atoms with Gasteiger partial charge in [-0.3, -0.25) is 4.90 Å². The van der Waals surface area contributed by atoms with Crippen LogP contribution in [0.15, 0.2) is 18.2 Å². The third kappa shape index (κ3) is 3.87. The Morgan fingerprint density at radius 3 is 2.78 bits per heavy atom. The van der Waals surface area contributed by atoms with Gasteiger partial charge in [0.05, 0.1) is 12.7 Å². The Labute approximate surface area is 139 Å². The van der Waals surface area contributed by atoms with Gasteiger partial charge in [-0.1, -0.05) is 18.2 Å². The second-order valence-electron chi connectivity index (χ2n) is 6.91. The Bertz CT molecular complexity index is 499. The van der Waals surface area contributed by atoms with E-state index < -0.39 is 0 Å². The number of likely N-dealkylation sites (tertiary alicyclic amines) is 1. The molecule has 0 saturated carbocycles. The summed E-state index contributed by atoms with van der Waals surface area (Å²) in [5.74, 6) is 1.27. The van der Waals surface area contributed by atoms with E-state index in [1.807, 2.05) is 0 Å². The van der Waals surface area contributed by atoms with Crippen LogP contribution in [-0.2, 0) is 4.74 Å². The highest BCUT2D eigenvalue weighted by atomic mass is 16.5. The highest BCUT2D eigenvalue weighted by Crippen LogP contribution is 2.30. The summed E-state index contributed by atoms with van der Waals surface area (Å²) >= 11 is 0. The van der Waals surface area contributed by atoms with Crippen LogP contribution in [-0.4, -0.2) is 55.1 Å². The van der Waals surface area contributed by atoms with Gasteiger partial charge in [0.1, 0.15) is 12.4 Å². The highest BCUT2D eigenvalue weighted by Gasteiger charge is 2.37. The lowest BCUT2D eigenvalue weighted by molar-refractivity contribution is -0.0634. The molecule has 0 amide bonds. The summed E-state index contributed by atoms with van der Waals surface area (Å²) in [6.07, 6.45) is 2.92. The van der Waals surface area contributed by atoms with Crippen molar-refractivity contribution in [2.75, 3.05) is 32.9 Å². The summed E-state index contributed by atoms with van der Waals surface area (Å²) in [5.41, 5.74) is 2.39. The standard InChI is InChI=1S/C19H29NO3/c1-14-5-3-6-15(2)19(14)23-12-10-20-9-4-7-17(20)16-13-22-11-8-18(16)21/h3,5-6,16-18,21H,4,7-13H2,1-2H3/t16-,17+,18+/m0/s1. The molecular weight excluding hydrogens is 290 g/mol. The zero-order valence-electron chi connectivity index (χ0n) is 14.3. The minimum Gasteiger partial charge on any atom is -0.492 e. The average molecular weight is 319 g/mol. The molecule has 0 spiro atoms. The van der Waals surface area contributed by atoms with Crippen LogP contribution in [0.5, 0.6) is 5.75 Å². The van der Waals surface area contributed by atoms with E-state index in [9.17, 15) is 5.11 Å². The lowest BCUT2D eigenvalue weighted by atomic mass is 9.89. The SMILES string of the molecule is Cc1cccc(C)c1OCCN1CCC[C@@H]1[C@@H]1COCC[C@H]1O. The number of benzene rings is 1. The van der Waals surface area contributed by atoms with Crippen molar-refractivity contribution < 1.29 is 14.6 Å². The van der Waals surface area contributed by atoms with E-state index in [1.165, 1.54) is 17.5 Å². The Kier molecular flexibility index (Phi) is 5.57. The van der Waals surface area contributed by atoms with Gasteiger partial charge in [-0.2, -0.15) is 0 Å². The maximum atomic E-state index is 10.3. The normalized spacial score (nSPS) is 28.9. The third-order valence-corrected chi connectivity index (χ3v) is 5.30. The largest absolute Gasteiger partial charge is 0.492 e. The summed E-state index contributed by atoms with van der Waals surface area (Å²) in [5, 5.41) is 10.3. The predicted molar refractivity (Wildman–Crippen MR) is 90.9 cm³/mol. The molecule has 3 atom stereocenters. The van der Waals surface area contributed by atoms with Crippen LogP contribution in [0.25, 0.3) is 0 Å². The number of hydrogen-bond donors (Lipinski definition) is 1. The van der Waals surface area contributed by atoms with E-state index in [1.54, 1.807) is 0 Å². The van der Waals surface area contributed by atoms with E-state index >= 15 is 0 Å². The van der Waals surface area contributed by atoms with Crippen LogP contribution in [0.3, 0.4) is 0 Å². The van der Waals surface area contributed by atoms with Crippen molar-refractivity contribution >= 4 is 0 Å². The lowest BCUT2D eigenvalue weighted by Gasteiger charge is -2.37. The molecule has 2 aliphatic rings. The van der Waals surface area contributed by atoms with Gasteiger partial charge in [0, 0.05) is 25.1 Å². The van der Waals surface area contributed by atoms with Crippen molar-refractivity contribution in [3.05, 3.63) is 29.3 Å². The van der Waals surface area contributed by atoms with Gasteiger partial charge in [0.25, 0.3) is 0 Å². The smallest absolute Gasteiger partial charge is 0.125 e. The quantitative estimate of drug-likeness (QED) is 0.906. The molecule has 2 fully saturated rings. The maximum absolute atomic E-state index is 10.3. The molecule has 1 N–H and O–H groups in total. The Morgan fingerprint density at radius 1 is 1.26 bits per heavy atom. The Morgan fingerprint density at radius 2 is 2.04 bits per heavy atom. The number of ether oxygens (including phenoxy) is 2. The second-order valence-corrected chi connectivity index (χ2v) is 6.91. The minimum atomic E-state index is -0.214. The van der Waals surface area contributed by atoms with Gasteiger partial charge in [0.15, 0.2) is 0 Å². The molecule has 1 aromatic carbocycles. The highest BCUT2D eigenvalue weighted by molar-refractivity contribution is 5.39. The first-order chi connectivity index (χ1) is 11.2. The summed E-state index contributed by atoms with van der Waals surface area (Å²) in [6.45, 7) is 8.30. The van der Waals surface area contributed by atoms with Crippen molar-refractivity contribution in [3.8, 4) is 5.75 Å². The molecular formula is C19H29NO3. The maximum Gasteiger partial charge on any atom is 0.125 e. The van der Waals surface area contributed by atoms with Gasteiger partial charge >= 0.3 is 0 Å². The molecule has 2 saturated heterocycles. The summed E-state index contributed by atoms with van der Waals surface area (Å²) in [7, 11) is 0. The van der Waals surface area contributed by atoms with E-state index in [-0.39, 0.29) is 12.0 Å². The number of nitrogens with zero attached hydrogens (tertiary/aromatic N) is 1. The molecule has 128 valence electrons. The Hall–Kier alpha value is -1.10. The van der Waals surface area contributed by atoms with Crippen molar-refractivity contribution in [2.45, 2.75) is 45.3 Å². The summed E-state index contributed by atoms with van der Waals surface area (Å²) in [4.78, 5) is 2.48. The first-order valence-electron chi connectivity index (χ1n) is 8.85. The first-order valence-corrected chi connectivity index (χ1v) is 8.85. The molecule has 3 rings (SSSR count). The van der Waals surface area contributed by atoms with E-state index in [0.29, 0.717) is 25.9 Å². The fraction of sp³-hybridized carbons (Fsp3) is 0.684. The zero-order valence-corrected chi connectivity index (χ0v) is 14.3. The average Bonchev–Trinajstić information content (AvgIpc) is 2.99. The molecule has 4 heteroatoms. The van der Waals surface area contributed by atoms with Crippen LogP contribution >= 0.6 is 0 Å². The van der Waals surface area contributed by atoms with Gasteiger partial charge in [-0.25, -0.2) is 0 Å². The number of aliphatic hydroxyl groups excluding tert-OH is 1. The van der Waals surface area contributed by atoms with Crippen LogP contribution in [0, 0.1) is 19.8 Å². The topological polar surface area (TPSA) is 41.9 Å². The second kappa shape index (κ2) is 7.65. The van der Waals surface area contributed by atoms with Gasteiger partial charge in [-0.15, -0.1) is 0 Å². The van der Waals surface area contributed by atoms with E-state index in [2.05, 4.69) is 36.9 Å². The molecule has 1 aromatic rings. The minimum absolute atomic E-state index is 0.214. The number of para-hydroxylation sites is 1. The van der Waals surface area contributed by atoms with Crippen LogP contribution in [0.1, 0.15) is 30.4 Å². The Balaban J connectivity index is 1.55. The zero-order chi connectivity index (χ0) is 16.2. The summed E-state index contributed by atoms with van der Waals surface area (Å²) < 4.78 is 11.7. The first kappa shape index (κ1) is 16.7. The third-order valence-electron chi connectivity index (χ3n) is 5.30. The van der Waals surface area contributed by atoms with E-state index in [0.717, 1.165) is 31.7 Å². The van der Waals surface area contributed by atoms with Gasteiger partial charge in [0.2, 0.25) is 0 Å². The van der Waals surface area contributed by atoms with Crippen LogP contribution in [0.4, 0.5) is 0 Å². The summed E-state index contributed by atoms with van der Waals surface area (Å²) in [6, 6.07) is 6.69. The molecule has 0 unspecified atom stereocenters.